The molecule has 100 valence electrons. The van der Waals surface area contributed by atoms with Crippen LogP contribution in [0.4, 0.5) is 0 Å². The summed E-state index contributed by atoms with van der Waals surface area (Å²) in [6.45, 7) is 0.496. The first-order valence-electron chi connectivity index (χ1n) is 6.12. The largest absolute Gasteiger partial charge is 0.489 e. The average molecular weight is 331 g/mol. The van der Waals surface area contributed by atoms with Crippen LogP contribution < -0.4 is 10.4 Å². The number of halogens is 1. The zero-order valence-electron chi connectivity index (χ0n) is 10.5. The van der Waals surface area contributed by atoms with Gasteiger partial charge in [0.1, 0.15) is 12.4 Å². The van der Waals surface area contributed by atoms with Gasteiger partial charge in [-0.1, -0.05) is 30.3 Å². The lowest BCUT2D eigenvalue weighted by Gasteiger charge is -2.08. The van der Waals surface area contributed by atoms with Gasteiger partial charge in [0.2, 0.25) is 0 Å². The Morgan fingerprint density at radius 3 is 2.65 bits per heavy atom. The van der Waals surface area contributed by atoms with Crippen molar-refractivity contribution in [2.75, 3.05) is 0 Å². The summed E-state index contributed by atoms with van der Waals surface area (Å²) in [5.41, 5.74) is 1.27. The molecule has 1 aromatic heterocycles. The van der Waals surface area contributed by atoms with Crippen molar-refractivity contribution in [1.82, 2.24) is 0 Å². The molecule has 0 radical (unpaired) electrons. The molecule has 3 nitrogen and oxygen atoms in total. The molecule has 0 fully saturated rings. The number of hydrogen-bond acceptors (Lipinski definition) is 3. The van der Waals surface area contributed by atoms with E-state index in [1.165, 1.54) is 6.07 Å². The molecule has 3 aromatic rings. The van der Waals surface area contributed by atoms with Crippen LogP contribution in [0, 0.1) is 0 Å². The van der Waals surface area contributed by atoms with E-state index in [1.807, 2.05) is 36.4 Å². The molecular weight excluding hydrogens is 320 g/mol. The van der Waals surface area contributed by atoms with E-state index in [9.17, 15) is 4.79 Å². The smallest absolute Gasteiger partial charge is 0.336 e. The van der Waals surface area contributed by atoms with E-state index in [0.29, 0.717) is 16.7 Å². The third-order valence-corrected chi connectivity index (χ3v) is 3.48. The summed E-state index contributed by atoms with van der Waals surface area (Å²) in [5.74, 6) is 0.724. The monoisotopic (exact) mass is 330 g/mol. The molecule has 3 rings (SSSR count). The lowest BCUT2D eigenvalue weighted by Crippen LogP contribution is -1.97. The maximum Gasteiger partial charge on any atom is 0.336 e. The minimum atomic E-state index is -0.365. The van der Waals surface area contributed by atoms with Crippen LogP contribution in [0.5, 0.6) is 5.75 Å². The fraction of sp³-hybridized carbons (Fsp3) is 0.0625. The Balaban J connectivity index is 1.89. The second-order valence-corrected chi connectivity index (χ2v) is 5.21. The van der Waals surface area contributed by atoms with E-state index < -0.39 is 0 Å². The van der Waals surface area contributed by atoms with Crippen LogP contribution in [0.25, 0.3) is 11.0 Å². The summed E-state index contributed by atoms with van der Waals surface area (Å²) in [7, 11) is 0. The summed E-state index contributed by atoms with van der Waals surface area (Å²) < 4.78 is 11.6. The van der Waals surface area contributed by atoms with E-state index in [0.717, 1.165) is 16.7 Å². The molecule has 0 spiro atoms. The van der Waals surface area contributed by atoms with Crippen LogP contribution in [0.15, 0.2) is 68.3 Å². The summed E-state index contributed by atoms with van der Waals surface area (Å²) in [6, 6.07) is 16.7. The van der Waals surface area contributed by atoms with Gasteiger partial charge in [0.25, 0.3) is 0 Å². The number of ether oxygens (including phenoxy) is 1. The van der Waals surface area contributed by atoms with Crippen molar-refractivity contribution in [1.29, 1.82) is 0 Å². The van der Waals surface area contributed by atoms with E-state index in [1.54, 1.807) is 12.1 Å². The van der Waals surface area contributed by atoms with Crippen molar-refractivity contribution >= 4 is 26.9 Å². The molecule has 0 saturated heterocycles. The van der Waals surface area contributed by atoms with Crippen molar-refractivity contribution in [3.05, 3.63) is 75.1 Å². The summed E-state index contributed by atoms with van der Waals surface area (Å²) in [5, 5.41) is 0.821. The molecule has 0 aliphatic rings. The van der Waals surface area contributed by atoms with Gasteiger partial charge in [-0.2, -0.15) is 0 Å². The third-order valence-electron chi connectivity index (χ3n) is 2.90. The minimum absolute atomic E-state index is 0.365. The highest BCUT2D eigenvalue weighted by atomic mass is 79.9. The highest BCUT2D eigenvalue weighted by Gasteiger charge is 2.06. The van der Waals surface area contributed by atoms with Gasteiger partial charge in [0, 0.05) is 11.5 Å². The van der Waals surface area contributed by atoms with Gasteiger partial charge < -0.3 is 9.15 Å². The van der Waals surface area contributed by atoms with Gasteiger partial charge in [0.15, 0.2) is 5.58 Å². The van der Waals surface area contributed by atoms with Crippen molar-refractivity contribution in [2.45, 2.75) is 6.61 Å². The first-order valence-corrected chi connectivity index (χ1v) is 6.92. The Kier molecular flexibility index (Phi) is 3.56. The van der Waals surface area contributed by atoms with E-state index in [2.05, 4.69) is 15.9 Å². The van der Waals surface area contributed by atoms with Gasteiger partial charge >= 0.3 is 5.63 Å². The van der Waals surface area contributed by atoms with Gasteiger partial charge in [-0.05, 0) is 39.7 Å². The third kappa shape index (κ3) is 2.75. The Morgan fingerprint density at radius 1 is 1.05 bits per heavy atom. The van der Waals surface area contributed by atoms with Crippen molar-refractivity contribution in [3.8, 4) is 5.75 Å². The maximum atomic E-state index is 11.2. The summed E-state index contributed by atoms with van der Waals surface area (Å²) in [4.78, 5) is 11.2. The first-order chi connectivity index (χ1) is 9.72. The molecule has 0 aliphatic carbocycles. The van der Waals surface area contributed by atoms with Gasteiger partial charge in [-0.3, -0.25) is 0 Å². The quantitative estimate of drug-likeness (QED) is 0.677. The number of hydrogen-bond donors (Lipinski definition) is 0. The molecular formula is C16H11BrO3. The van der Waals surface area contributed by atoms with E-state index >= 15 is 0 Å². The Bertz CT molecular complexity index is 794. The fourth-order valence-electron chi connectivity index (χ4n) is 1.94. The molecule has 0 amide bonds. The van der Waals surface area contributed by atoms with Crippen LogP contribution in [0.1, 0.15) is 5.56 Å². The summed E-state index contributed by atoms with van der Waals surface area (Å²) >= 11 is 3.40. The molecule has 0 atom stereocenters. The van der Waals surface area contributed by atoms with Crippen LogP contribution in [-0.2, 0) is 6.61 Å². The first kappa shape index (κ1) is 12.9. The second-order valence-electron chi connectivity index (χ2n) is 4.35. The highest BCUT2D eigenvalue weighted by molar-refractivity contribution is 9.10. The van der Waals surface area contributed by atoms with Crippen LogP contribution in [0.2, 0.25) is 0 Å². The molecule has 0 bridgehead atoms. The second kappa shape index (κ2) is 5.51. The summed E-state index contributed by atoms with van der Waals surface area (Å²) in [6.07, 6.45) is 0. The molecule has 0 unspecified atom stereocenters. The maximum absolute atomic E-state index is 11.2. The molecule has 0 aliphatic heterocycles. The molecule has 20 heavy (non-hydrogen) atoms. The minimum Gasteiger partial charge on any atom is -0.489 e. The molecule has 1 heterocycles. The van der Waals surface area contributed by atoms with Crippen LogP contribution in [-0.4, -0.2) is 0 Å². The molecule has 0 saturated carbocycles. The SMILES string of the molecule is O=c1ccc2cc(OCc3ccccc3)cc(Br)c2o1. The Hall–Kier alpha value is -2.07. The van der Waals surface area contributed by atoms with Gasteiger partial charge in [-0.25, -0.2) is 4.79 Å². The Morgan fingerprint density at radius 2 is 1.85 bits per heavy atom. The van der Waals surface area contributed by atoms with Crippen molar-refractivity contribution in [2.24, 2.45) is 0 Å². The number of rotatable bonds is 3. The lowest BCUT2D eigenvalue weighted by molar-refractivity contribution is 0.306. The van der Waals surface area contributed by atoms with Gasteiger partial charge in [-0.15, -0.1) is 0 Å². The lowest BCUT2D eigenvalue weighted by atomic mass is 10.2. The van der Waals surface area contributed by atoms with E-state index in [-0.39, 0.29) is 5.63 Å². The predicted molar refractivity (Wildman–Crippen MR) is 81.0 cm³/mol. The number of benzene rings is 2. The van der Waals surface area contributed by atoms with Crippen molar-refractivity contribution in [3.63, 3.8) is 0 Å². The fourth-order valence-corrected chi connectivity index (χ4v) is 2.47. The molecule has 4 heteroatoms. The zero-order chi connectivity index (χ0) is 13.9. The van der Waals surface area contributed by atoms with Gasteiger partial charge in [0.05, 0.1) is 4.47 Å². The molecule has 2 aromatic carbocycles. The molecule has 0 N–H and O–H groups in total. The van der Waals surface area contributed by atoms with Crippen molar-refractivity contribution < 1.29 is 9.15 Å². The van der Waals surface area contributed by atoms with E-state index in [4.69, 9.17) is 9.15 Å². The Labute approximate surface area is 123 Å². The van der Waals surface area contributed by atoms with Crippen LogP contribution >= 0.6 is 15.9 Å². The predicted octanol–water partition coefficient (Wildman–Crippen LogP) is 4.13. The normalized spacial score (nSPS) is 10.7. The standard InChI is InChI=1S/C16H11BrO3/c17-14-9-13(19-10-11-4-2-1-3-5-11)8-12-6-7-15(18)20-16(12)14/h1-9H,10H2. The number of fused-ring (bicyclic) bond motifs is 1. The van der Waals surface area contributed by atoms with Crippen LogP contribution in [0.3, 0.4) is 0 Å². The zero-order valence-corrected chi connectivity index (χ0v) is 12.1. The average Bonchev–Trinajstić information content (AvgIpc) is 2.47. The highest BCUT2D eigenvalue weighted by Crippen LogP contribution is 2.28. The topological polar surface area (TPSA) is 39.4 Å².